The quantitative estimate of drug-likeness (QED) is 0.344. The molecule has 2 unspecified atom stereocenters. The van der Waals surface area contributed by atoms with Gasteiger partial charge in [-0.2, -0.15) is 0 Å². The topological polar surface area (TPSA) is 137 Å². The number of rotatable bonds is 6. The molecule has 2 rings (SSSR count). The molecule has 3 N–H and O–H groups in total. The molecule has 1 aromatic heterocycles. The summed E-state index contributed by atoms with van der Waals surface area (Å²) in [6.45, 7) is 5.24. The highest BCUT2D eigenvalue weighted by molar-refractivity contribution is 8.00. The first-order valence-electron chi connectivity index (χ1n) is 7.42. The number of nitro groups is 1. The first-order chi connectivity index (χ1) is 11.7. The molecule has 0 aliphatic heterocycles. The fourth-order valence-electron chi connectivity index (χ4n) is 2.02. The molecule has 0 radical (unpaired) electrons. The molecule has 0 fully saturated rings. The van der Waals surface area contributed by atoms with Crippen LogP contribution in [0.3, 0.4) is 0 Å². The number of non-ortho nitro benzene ring substituents is 1. The zero-order valence-corrected chi connectivity index (χ0v) is 14.8. The molecule has 0 amide bonds. The number of hydrogen-bond acceptors (Lipinski definition) is 8. The lowest BCUT2D eigenvalue weighted by atomic mass is 10.0. The number of H-pyrrole nitrogens is 1. The summed E-state index contributed by atoms with van der Waals surface area (Å²) >= 11 is 1.04. The Bertz CT molecular complexity index is 745. The molecule has 2 aromatic rings. The average Bonchev–Trinajstić information content (AvgIpc) is 3.03. The molecule has 9 nitrogen and oxygen atoms in total. The van der Waals surface area contributed by atoms with E-state index in [9.17, 15) is 14.9 Å². The molecule has 1 aromatic carbocycles. The number of nitrogens with zero attached hydrogens (tertiary/aromatic N) is 3. The van der Waals surface area contributed by atoms with Gasteiger partial charge in [-0.15, -0.1) is 5.10 Å². The summed E-state index contributed by atoms with van der Waals surface area (Å²) in [4.78, 5) is 27.0. The first-order valence-corrected chi connectivity index (χ1v) is 8.30. The number of aromatic amines is 1. The standard InChI is InChI=1S/C15H19N5O4S/c1-15(2,3)24-13(21)12(25-14-17-8-18-19-14)11(16)9-5-4-6-10(7-9)20(22)23/h4-8,11-12H,16H2,1-3H3,(H,17,18,19). The monoisotopic (exact) mass is 365 g/mol. The minimum Gasteiger partial charge on any atom is -0.459 e. The number of nitrogens with two attached hydrogens (primary N) is 1. The van der Waals surface area contributed by atoms with Crippen LogP contribution in [0.4, 0.5) is 5.69 Å². The molecule has 10 heteroatoms. The maximum Gasteiger partial charge on any atom is 0.322 e. The fraction of sp³-hybridized carbons (Fsp3) is 0.400. The maximum atomic E-state index is 12.6. The number of nitro benzene ring substituents is 1. The van der Waals surface area contributed by atoms with Crippen molar-refractivity contribution in [1.29, 1.82) is 0 Å². The van der Waals surface area contributed by atoms with Crippen molar-refractivity contribution in [2.24, 2.45) is 5.73 Å². The van der Waals surface area contributed by atoms with Crippen molar-refractivity contribution < 1.29 is 14.5 Å². The Hall–Kier alpha value is -2.46. The van der Waals surface area contributed by atoms with Gasteiger partial charge in [0.2, 0.25) is 5.16 Å². The Morgan fingerprint density at radius 2 is 2.16 bits per heavy atom. The number of aromatic nitrogens is 3. The van der Waals surface area contributed by atoms with Crippen LogP contribution in [0, 0.1) is 10.1 Å². The molecular formula is C15H19N5O4S. The van der Waals surface area contributed by atoms with Crippen LogP contribution in [-0.2, 0) is 9.53 Å². The van der Waals surface area contributed by atoms with E-state index in [0.717, 1.165) is 11.8 Å². The molecule has 0 spiro atoms. The van der Waals surface area contributed by atoms with Gasteiger partial charge in [0.25, 0.3) is 5.69 Å². The predicted molar refractivity (Wildman–Crippen MR) is 91.9 cm³/mol. The minimum atomic E-state index is -0.864. The number of carbonyl (C=O) groups is 1. The van der Waals surface area contributed by atoms with E-state index in [4.69, 9.17) is 10.5 Å². The zero-order chi connectivity index (χ0) is 18.6. The van der Waals surface area contributed by atoms with E-state index < -0.39 is 27.8 Å². The SMILES string of the molecule is CC(C)(C)OC(=O)C(Sc1nc[nH]n1)C(N)c1cccc([N+](=O)[O-])c1. The molecule has 0 saturated heterocycles. The van der Waals surface area contributed by atoms with E-state index in [0.29, 0.717) is 10.7 Å². The third-order valence-electron chi connectivity index (χ3n) is 3.06. The van der Waals surface area contributed by atoms with Crippen LogP contribution in [0.25, 0.3) is 0 Å². The maximum absolute atomic E-state index is 12.6. The van der Waals surface area contributed by atoms with Gasteiger partial charge in [-0.25, -0.2) is 4.98 Å². The van der Waals surface area contributed by atoms with Crippen molar-refractivity contribution in [3.8, 4) is 0 Å². The Labute approximate surface area is 148 Å². The summed E-state index contributed by atoms with van der Waals surface area (Å²) in [7, 11) is 0. The summed E-state index contributed by atoms with van der Waals surface area (Å²) < 4.78 is 5.43. The third-order valence-corrected chi connectivity index (χ3v) is 4.20. The highest BCUT2D eigenvalue weighted by Gasteiger charge is 2.33. The Morgan fingerprint density at radius 3 is 2.72 bits per heavy atom. The predicted octanol–water partition coefficient (Wildman–Crippen LogP) is 2.22. The molecule has 134 valence electrons. The van der Waals surface area contributed by atoms with Crippen LogP contribution in [0.15, 0.2) is 35.7 Å². The van der Waals surface area contributed by atoms with Gasteiger partial charge in [0.05, 0.1) is 11.0 Å². The summed E-state index contributed by atoms with van der Waals surface area (Å²) in [5.41, 5.74) is 5.89. The van der Waals surface area contributed by atoms with Crippen molar-refractivity contribution >= 4 is 23.4 Å². The normalized spacial score (nSPS) is 13.9. The number of esters is 1. The second-order valence-corrected chi connectivity index (χ2v) is 7.34. The van der Waals surface area contributed by atoms with Gasteiger partial charge >= 0.3 is 5.97 Å². The van der Waals surface area contributed by atoms with Gasteiger partial charge in [-0.05, 0) is 26.3 Å². The smallest absolute Gasteiger partial charge is 0.322 e. The highest BCUT2D eigenvalue weighted by Crippen LogP contribution is 2.32. The van der Waals surface area contributed by atoms with Gasteiger partial charge in [0.15, 0.2) is 0 Å². The van der Waals surface area contributed by atoms with Crippen molar-refractivity contribution in [2.75, 3.05) is 0 Å². The van der Waals surface area contributed by atoms with Crippen molar-refractivity contribution in [3.63, 3.8) is 0 Å². The summed E-state index contributed by atoms with van der Waals surface area (Å²) in [5.74, 6) is -0.540. The molecule has 1 heterocycles. The number of ether oxygens (including phenoxy) is 1. The zero-order valence-electron chi connectivity index (χ0n) is 14.0. The number of thioether (sulfide) groups is 1. The van der Waals surface area contributed by atoms with E-state index in [2.05, 4.69) is 15.2 Å². The van der Waals surface area contributed by atoms with Crippen LogP contribution in [0.2, 0.25) is 0 Å². The Morgan fingerprint density at radius 1 is 1.44 bits per heavy atom. The molecule has 0 saturated carbocycles. The summed E-state index contributed by atoms with van der Waals surface area (Å²) in [6, 6.07) is 5.03. The molecule has 0 aliphatic rings. The Balaban J connectivity index is 2.31. The van der Waals surface area contributed by atoms with E-state index in [1.807, 2.05) is 0 Å². The second kappa shape index (κ2) is 7.62. The van der Waals surface area contributed by atoms with E-state index in [1.165, 1.54) is 24.5 Å². The van der Waals surface area contributed by atoms with Crippen LogP contribution in [0.5, 0.6) is 0 Å². The van der Waals surface area contributed by atoms with Crippen LogP contribution < -0.4 is 5.73 Å². The first kappa shape index (κ1) is 18.9. The van der Waals surface area contributed by atoms with Crippen LogP contribution in [0.1, 0.15) is 32.4 Å². The lowest BCUT2D eigenvalue weighted by molar-refractivity contribution is -0.384. The van der Waals surface area contributed by atoms with Gasteiger partial charge in [0, 0.05) is 12.1 Å². The number of nitrogens with one attached hydrogen (secondary N) is 1. The Kier molecular flexibility index (Phi) is 5.75. The van der Waals surface area contributed by atoms with Gasteiger partial charge < -0.3 is 10.5 Å². The lowest BCUT2D eigenvalue weighted by Crippen LogP contribution is -2.37. The minimum absolute atomic E-state index is 0.0983. The second-order valence-electron chi connectivity index (χ2n) is 6.23. The number of carbonyl (C=O) groups excluding carboxylic acids is 1. The molecule has 25 heavy (non-hydrogen) atoms. The lowest BCUT2D eigenvalue weighted by Gasteiger charge is -2.26. The van der Waals surface area contributed by atoms with Gasteiger partial charge in [-0.3, -0.25) is 20.0 Å². The number of hydrogen-bond donors (Lipinski definition) is 2. The van der Waals surface area contributed by atoms with E-state index in [1.54, 1.807) is 26.8 Å². The summed E-state index contributed by atoms with van der Waals surface area (Å²) in [5, 5.41) is 16.9. The van der Waals surface area contributed by atoms with E-state index in [-0.39, 0.29) is 5.69 Å². The molecule has 2 atom stereocenters. The van der Waals surface area contributed by atoms with Crippen molar-refractivity contribution in [3.05, 3.63) is 46.3 Å². The van der Waals surface area contributed by atoms with Gasteiger partial charge in [-0.1, -0.05) is 23.9 Å². The van der Waals surface area contributed by atoms with Crippen LogP contribution >= 0.6 is 11.8 Å². The largest absolute Gasteiger partial charge is 0.459 e. The summed E-state index contributed by atoms with van der Waals surface area (Å²) in [6.07, 6.45) is 1.38. The fourth-order valence-corrected chi connectivity index (χ4v) is 2.91. The van der Waals surface area contributed by atoms with Gasteiger partial charge in [0.1, 0.15) is 17.2 Å². The van der Waals surface area contributed by atoms with E-state index >= 15 is 0 Å². The highest BCUT2D eigenvalue weighted by atomic mass is 32.2. The molecule has 0 bridgehead atoms. The van der Waals surface area contributed by atoms with Crippen molar-refractivity contribution in [2.45, 2.75) is 42.8 Å². The molecule has 0 aliphatic carbocycles. The average molecular weight is 365 g/mol. The number of benzene rings is 1. The molecular weight excluding hydrogens is 346 g/mol. The van der Waals surface area contributed by atoms with Crippen LogP contribution in [-0.4, -0.2) is 36.9 Å². The third kappa shape index (κ3) is 5.26. The van der Waals surface area contributed by atoms with Crippen molar-refractivity contribution in [1.82, 2.24) is 15.2 Å².